The van der Waals surface area contributed by atoms with Crippen LogP contribution in [0.25, 0.3) is 0 Å². The number of pyridine rings is 2. The molecule has 15 nitrogen and oxygen atoms in total. The van der Waals surface area contributed by atoms with E-state index in [2.05, 4.69) is 40.2 Å². The Morgan fingerprint density at radius 3 is 2.05 bits per heavy atom. The molecule has 0 aromatic carbocycles. The Kier molecular flexibility index (Phi) is 14.6. The normalized spacial score (nSPS) is 21.4. The van der Waals surface area contributed by atoms with Gasteiger partial charge in [-0.3, -0.25) is 14.4 Å². The molecule has 2 fully saturated rings. The van der Waals surface area contributed by atoms with Crippen LogP contribution in [0.5, 0.6) is 0 Å². The summed E-state index contributed by atoms with van der Waals surface area (Å²) in [5.74, 6) is 0.0658. The van der Waals surface area contributed by atoms with Crippen LogP contribution < -0.4 is 16.0 Å². The number of likely N-dealkylation sites (tertiary alicyclic amines) is 2. The summed E-state index contributed by atoms with van der Waals surface area (Å²) in [7, 11) is 0. The SMILES string of the molecule is C[C@@]1(CC(=O)O)CCN(C(=O)CCCCc2ccc3c(n2)NCCC3)CC1OCCOC1(CC(=O)O)CCN(C(=O)NCCCc2ccc3c(n2)NCCC3)CC1. The lowest BCUT2D eigenvalue weighted by Gasteiger charge is -2.45. The lowest BCUT2D eigenvalue weighted by Crippen LogP contribution is -2.54. The van der Waals surface area contributed by atoms with Crippen molar-refractivity contribution in [1.29, 1.82) is 0 Å². The van der Waals surface area contributed by atoms with Crippen LogP contribution >= 0.6 is 0 Å². The van der Waals surface area contributed by atoms with Crippen LogP contribution in [0.4, 0.5) is 16.4 Å². The molecule has 3 amide bonds. The van der Waals surface area contributed by atoms with E-state index in [0.29, 0.717) is 51.9 Å². The highest BCUT2D eigenvalue weighted by Gasteiger charge is 2.43. The van der Waals surface area contributed by atoms with Crippen molar-refractivity contribution in [3.05, 3.63) is 46.8 Å². The number of carboxylic acid groups (broad SMARTS) is 2. The molecule has 57 heavy (non-hydrogen) atoms. The van der Waals surface area contributed by atoms with Crippen molar-refractivity contribution >= 4 is 35.5 Å². The Labute approximate surface area is 335 Å². The molecule has 0 aliphatic carbocycles. The van der Waals surface area contributed by atoms with Crippen molar-refractivity contribution < 1.29 is 38.9 Å². The first-order valence-corrected chi connectivity index (χ1v) is 21.0. The van der Waals surface area contributed by atoms with Gasteiger partial charge in [0.1, 0.15) is 11.6 Å². The van der Waals surface area contributed by atoms with Gasteiger partial charge < -0.3 is 45.4 Å². The lowest BCUT2D eigenvalue weighted by molar-refractivity contribution is -0.160. The van der Waals surface area contributed by atoms with Crippen molar-refractivity contribution in [3.8, 4) is 0 Å². The summed E-state index contributed by atoms with van der Waals surface area (Å²) in [6, 6.07) is 8.23. The number of urea groups is 1. The molecule has 0 bridgehead atoms. The Hall–Kier alpha value is -4.50. The number of ether oxygens (including phenoxy) is 2. The van der Waals surface area contributed by atoms with Crippen molar-refractivity contribution in [3.63, 3.8) is 0 Å². The minimum atomic E-state index is -0.980. The number of aryl methyl sites for hydroxylation is 4. The van der Waals surface area contributed by atoms with E-state index >= 15 is 0 Å². The number of unbranched alkanes of at least 4 members (excludes halogenated alkanes) is 1. The molecule has 0 radical (unpaired) electrons. The summed E-state index contributed by atoms with van der Waals surface area (Å²) in [5, 5.41) is 29.2. The Bertz CT molecular complexity index is 1720. The molecule has 0 spiro atoms. The summed E-state index contributed by atoms with van der Waals surface area (Å²) in [4.78, 5) is 63.1. The maximum absolute atomic E-state index is 13.3. The summed E-state index contributed by atoms with van der Waals surface area (Å²) in [6.07, 6.45) is 8.98. The average Bonchev–Trinajstić information content (AvgIpc) is 3.20. The van der Waals surface area contributed by atoms with Gasteiger partial charge in [0, 0.05) is 69.0 Å². The van der Waals surface area contributed by atoms with Crippen molar-refractivity contribution in [1.82, 2.24) is 25.1 Å². The highest BCUT2D eigenvalue weighted by atomic mass is 16.5. The second kappa shape index (κ2) is 19.8. The van der Waals surface area contributed by atoms with Gasteiger partial charge in [0.25, 0.3) is 0 Å². The molecule has 2 aromatic rings. The number of carbonyl (C=O) groups excluding carboxylic acids is 2. The van der Waals surface area contributed by atoms with Crippen molar-refractivity contribution in [2.75, 3.05) is 69.7 Å². The Morgan fingerprint density at radius 1 is 0.807 bits per heavy atom. The van der Waals surface area contributed by atoms with E-state index in [4.69, 9.17) is 19.4 Å². The number of fused-ring (bicyclic) bond motifs is 2. The molecule has 2 atom stereocenters. The molecular formula is C42H61N7O8. The van der Waals surface area contributed by atoms with E-state index < -0.39 is 29.1 Å². The second-order valence-corrected chi connectivity index (χ2v) is 16.5. The fourth-order valence-electron chi connectivity index (χ4n) is 8.64. The van der Waals surface area contributed by atoms with Crippen molar-refractivity contribution in [2.24, 2.45) is 5.41 Å². The smallest absolute Gasteiger partial charge is 0.317 e. The topological polar surface area (TPSA) is 196 Å². The average molecular weight is 792 g/mol. The highest BCUT2D eigenvalue weighted by Crippen LogP contribution is 2.37. The number of rotatable bonds is 18. The van der Waals surface area contributed by atoms with E-state index in [9.17, 15) is 29.4 Å². The van der Waals surface area contributed by atoms with E-state index in [1.54, 1.807) is 9.80 Å². The van der Waals surface area contributed by atoms with Gasteiger partial charge in [-0.2, -0.15) is 0 Å². The summed E-state index contributed by atoms with van der Waals surface area (Å²) < 4.78 is 12.6. The van der Waals surface area contributed by atoms with Crippen LogP contribution in [0.2, 0.25) is 0 Å². The molecule has 15 heteroatoms. The van der Waals surface area contributed by atoms with Gasteiger partial charge in [0.05, 0.1) is 37.8 Å². The molecule has 4 aliphatic rings. The Balaban J connectivity index is 0.928. The number of aromatic nitrogens is 2. The number of anilines is 2. The largest absolute Gasteiger partial charge is 0.481 e. The number of hydrogen-bond donors (Lipinski definition) is 5. The van der Waals surface area contributed by atoms with Crippen LogP contribution in [-0.4, -0.2) is 125 Å². The molecular weight excluding hydrogens is 731 g/mol. The number of amides is 3. The maximum atomic E-state index is 13.3. The van der Waals surface area contributed by atoms with Gasteiger partial charge in [-0.15, -0.1) is 0 Å². The number of piperidine rings is 2. The lowest BCUT2D eigenvalue weighted by atomic mass is 9.75. The Morgan fingerprint density at radius 2 is 1.42 bits per heavy atom. The first-order valence-electron chi connectivity index (χ1n) is 21.0. The molecule has 6 rings (SSSR count). The molecule has 5 N–H and O–H groups in total. The number of nitrogens with zero attached hydrogens (tertiary/aromatic N) is 4. The second-order valence-electron chi connectivity index (χ2n) is 16.5. The molecule has 2 saturated heterocycles. The molecule has 0 saturated carbocycles. The molecule has 6 heterocycles. The van der Waals surface area contributed by atoms with Gasteiger partial charge in [0.2, 0.25) is 5.91 Å². The van der Waals surface area contributed by atoms with Crippen molar-refractivity contribution in [2.45, 2.75) is 115 Å². The van der Waals surface area contributed by atoms with E-state index in [1.165, 1.54) is 11.1 Å². The zero-order chi connectivity index (χ0) is 40.3. The highest BCUT2D eigenvalue weighted by molar-refractivity contribution is 5.76. The van der Waals surface area contributed by atoms with Gasteiger partial charge >= 0.3 is 18.0 Å². The van der Waals surface area contributed by atoms with Gasteiger partial charge in [-0.1, -0.05) is 19.1 Å². The predicted molar refractivity (Wildman–Crippen MR) is 214 cm³/mol. The predicted octanol–water partition coefficient (Wildman–Crippen LogP) is 4.67. The first-order chi connectivity index (χ1) is 27.5. The molecule has 4 aliphatic heterocycles. The standard InChI is InChI=1S/C42H61N7O8/c1-41(27-36(51)52)16-22-49(35(50)11-3-2-9-32-14-12-30-7-4-19-43-38(30)46-32)29-34(41)56-25-26-57-42(28-37(53)54)17-23-48(24-18-42)40(55)45-21-6-10-33-15-13-31-8-5-20-44-39(31)47-33/h12-15,34H,2-11,16-29H2,1H3,(H,43,46)(H,44,47)(H,45,55)(H,51,52)(H,53,54)/t34?,41-/m0/s1. The number of carbonyl (C=O) groups is 4. The first kappa shape index (κ1) is 42.1. The molecule has 312 valence electrons. The third-order valence-corrected chi connectivity index (χ3v) is 12.1. The molecule has 1 unspecified atom stereocenters. The van der Waals surface area contributed by atoms with Crippen LogP contribution in [-0.2, 0) is 49.5 Å². The van der Waals surface area contributed by atoms with E-state index in [1.807, 2.05) is 6.92 Å². The van der Waals surface area contributed by atoms with Crippen LogP contribution in [0.1, 0.15) is 100 Å². The number of aliphatic carboxylic acids is 2. The summed E-state index contributed by atoms with van der Waals surface area (Å²) in [5.41, 5.74) is 2.88. The minimum Gasteiger partial charge on any atom is -0.481 e. The third-order valence-electron chi connectivity index (χ3n) is 12.1. The fourth-order valence-corrected chi connectivity index (χ4v) is 8.64. The van der Waals surface area contributed by atoms with Gasteiger partial charge in [0.15, 0.2) is 0 Å². The monoisotopic (exact) mass is 791 g/mol. The number of nitrogens with one attached hydrogen (secondary N) is 3. The molecule has 2 aromatic heterocycles. The summed E-state index contributed by atoms with van der Waals surface area (Å²) in [6.45, 7) is 5.96. The van der Waals surface area contributed by atoms with Gasteiger partial charge in [-0.05, 0) is 100 Å². The van der Waals surface area contributed by atoms with Crippen LogP contribution in [0, 0.1) is 5.41 Å². The summed E-state index contributed by atoms with van der Waals surface area (Å²) >= 11 is 0. The number of carboxylic acids is 2. The van der Waals surface area contributed by atoms with Crippen LogP contribution in [0.15, 0.2) is 24.3 Å². The fraction of sp³-hybridized carbons (Fsp3) is 0.667. The zero-order valence-electron chi connectivity index (χ0n) is 33.5. The van der Waals surface area contributed by atoms with Crippen LogP contribution in [0.3, 0.4) is 0 Å². The van der Waals surface area contributed by atoms with E-state index in [-0.39, 0.29) is 44.5 Å². The zero-order valence-corrected chi connectivity index (χ0v) is 33.5. The number of hydrogen-bond acceptors (Lipinski definition) is 10. The van der Waals surface area contributed by atoms with Gasteiger partial charge in [-0.25, -0.2) is 14.8 Å². The maximum Gasteiger partial charge on any atom is 0.317 e. The quantitative estimate of drug-likeness (QED) is 0.131. The van der Waals surface area contributed by atoms with E-state index in [0.717, 1.165) is 93.9 Å². The third kappa shape index (κ3) is 11.8. The minimum absolute atomic E-state index is 0.0254.